The normalized spacial score (nSPS) is 10.8. The molecule has 0 bridgehead atoms. The third-order valence-corrected chi connectivity index (χ3v) is 2.49. The molecule has 0 heterocycles. The topological polar surface area (TPSA) is 40.5 Å². The summed E-state index contributed by atoms with van der Waals surface area (Å²) in [7, 11) is 0. The second-order valence-corrected chi connectivity index (χ2v) is 3.86. The van der Waals surface area contributed by atoms with Crippen LogP contribution in [0.25, 0.3) is 6.08 Å². The molecule has 2 nitrogen and oxygen atoms in total. The van der Waals surface area contributed by atoms with Gasteiger partial charge in [0.2, 0.25) is 0 Å². The summed E-state index contributed by atoms with van der Waals surface area (Å²) in [5.74, 6) is 0.567. The van der Waals surface area contributed by atoms with Crippen LogP contribution in [0.5, 0.6) is 11.5 Å². The summed E-state index contributed by atoms with van der Waals surface area (Å²) in [4.78, 5) is 0. The molecular weight excluding hydrogens is 212 g/mol. The van der Waals surface area contributed by atoms with Gasteiger partial charge in [-0.1, -0.05) is 36.4 Å². The van der Waals surface area contributed by atoms with Crippen molar-refractivity contribution >= 4 is 6.08 Å². The van der Waals surface area contributed by atoms with Crippen molar-refractivity contribution in [2.24, 2.45) is 0 Å². The Kier molecular flexibility index (Phi) is 3.46. The van der Waals surface area contributed by atoms with Gasteiger partial charge in [0.15, 0.2) is 0 Å². The fourth-order valence-corrected chi connectivity index (χ4v) is 1.55. The van der Waals surface area contributed by atoms with Crippen LogP contribution in [-0.4, -0.2) is 10.2 Å². The molecule has 0 amide bonds. The lowest BCUT2D eigenvalue weighted by molar-refractivity contribution is 0.474. The first-order chi connectivity index (χ1) is 8.24. The van der Waals surface area contributed by atoms with Crippen molar-refractivity contribution in [2.75, 3.05) is 0 Å². The van der Waals surface area contributed by atoms with Crippen molar-refractivity contribution in [3.8, 4) is 11.5 Å². The third-order valence-electron chi connectivity index (χ3n) is 2.49. The van der Waals surface area contributed by atoms with Gasteiger partial charge in [0.25, 0.3) is 0 Å². The minimum absolute atomic E-state index is 0.278. The second-order valence-electron chi connectivity index (χ2n) is 3.86. The molecule has 0 aliphatic heterocycles. The van der Waals surface area contributed by atoms with Crippen LogP contribution < -0.4 is 0 Å². The molecule has 0 fully saturated rings. The molecule has 0 saturated heterocycles. The van der Waals surface area contributed by atoms with Crippen molar-refractivity contribution in [1.29, 1.82) is 0 Å². The van der Waals surface area contributed by atoms with Crippen LogP contribution in [0.15, 0.2) is 54.6 Å². The van der Waals surface area contributed by atoms with E-state index in [1.807, 2.05) is 30.3 Å². The van der Waals surface area contributed by atoms with E-state index < -0.39 is 0 Å². The summed E-state index contributed by atoms with van der Waals surface area (Å²) in [6, 6.07) is 14.2. The molecule has 0 unspecified atom stereocenters. The first kappa shape index (κ1) is 11.3. The highest BCUT2D eigenvalue weighted by atomic mass is 16.3. The minimum atomic E-state index is 0.278. The van der Waals surface area contributed by atoms with Crippen molar-refractivity contribution in [3.63, 3.8) is 0 Å². The maximum Gasteiger partial charge on any atom is 0.115 e. The number of allylic oxidation sites excluding steroid dienone is 1. The van der Waals surface area contributed by atoms with Crippen LogP contribution in [0.4, 0.5) is 0 Å². The van der Waals surface area contributed by atoms with Gasteiger partial charge in [0.05, 0.1) is 0 Å². The van der Waals surface area contributed by atoms with Crippen LogP contribution in [0.3, 0.4) is 0 Å². The molecule has 0 aliphatic rings. The van der Waals surface area contributed by atoms with E-state index in [1.54, 1.807) is 24.3 Å². The Morgan fingerprint density at radius 3 is 1.88 bits per heavy atom. The molecule has 2 heteroatoms. The summed E-state index contributed by atoms with van der Waals surface area (Å²) >= 11 is 0. The predicted molar refractivity (Wildman–Crippen MR) is 69.0 cm³/mol. The molecule has 0 aromatic heterocycles. The van der Waals surface area contributed by atoms with E-state index in [0.717, 1.165) is 17.5 Å². The maximum atomic E-state index is 9.14. The lowest BCUT2D eigenvalue weighted by Crippen LogP contribution is -1.79. The van der Waals surface area contributed by atoms with Gasteiger partial charge in [0.1, 0.15) is 11.5 Å². The number of phenols is 2. The van der Waals surface area contributed by atoms with E-state index >= 15 is 0 Å². The van der Waals surface area contributed by atoms with E-state index in [4.69, 9.17) is 10.2 Å². The highest BCUT2D eigenvalue weighted by Gasteiger charge is 1.91. The highest BCUT2D eigenvalue weighted by molar-refractivity contribution is 5.50. The van der Waals surface area contributed by atoms with E-state index in [0.29, 0.717) is 0 Å². The third kappa shape index (κ3) is 3.38. The Morgan fingerprint density at radius 2 is 1.29 bits per heavy atom. The Bertz CT molecular complexity index is 495. The summed E-state index contributed by atoms with van der Waals surface area (Å²) in [5.41, 5.74) is 2.21. The first-order valence-corrected chi connectivity index (χ1v) is 5.47. The highest BCUT2D eigenvalue weighted by Crippen LogP contribution is 2.13. The molecule has 0 spiro atoms. The molecule has 0 radical (unpaired) electrons. The number of phenolic OH excluding ortho intramolecular Hbond substituents is 2. The fourth-order valence-electron chi connectivity index (χ4n) is 1.55. The number of hydrogen-bond acceptors (Lipinski definition) is 2. The van der Waals surface area contributed by atoms with Gasteiger partial charge in [-0.3, -0.25) is 0 Å². The summed E-state index contributed by atoms with van der Waals surface area (Å²) in [6.07, 6.45) is 4.88. The van der Waals surface area contributed by atoms with Gasteiger partial charge in [-0.2, -0.15) is 0 Å². The Morgan fingerprint density at radius 1 is 0.765 bits per heavy atom. The van der Waals surface area contributed by atoms with E-state index in [-0.39, 0.29) is 11.5 Å². The largest absolute Gasteiger partial charge is 0.508 e. The second kappa shape index (κ2) is 5.21. The van der Waals surface area contributed by atoms with Crippen molar-refractivity contribution in [1.82, 2.24) is 0 Å². The number of rotatable bonds is 3. The minimum Gasteiger partial charge on any atom is -0.508 e. The molecule has 2 rings (SSSR count). The van der Waals surface area contributed by atoms with Crippen LogP contribution in [0.1, 0.15) is 11.1 Å². The number of aromatic hydroxyl groups is 2. The van der Waals surface area contributed by atoms with Gasteiger partial charge in [-0.25, -0.2) is 0 Å². The van der Waals surface area contributed by atoms with Gasteiger partial charge in [0, 0.05) is 0 Å². The van der Waals surface area contributed by atoms with E-state index in [1.165, 1.54) is 0 Å². The SMILES string of the molecule is Oc1ccc(C=CCc2ccc(O)cc2)cc1. The van der Waals surface area contributed by atoms with Gasteiger partial charge >= 0.3 is 0 Å². The summed E-state index contributed by atoms with van der Waals surface area (Å²) in [6.45, 7) is 0. The molecule has 2 N–H and O–H groups in total. The molecular formula is C15H14O2. The average Bonchev–Trinajstić information content (AvgIpc) is 2.34. The monoisotopic (exact) mass is 226 g/mol. The summed E-state index contributed by atoms with van der Waals surface area (Å²) < 4.78 is 0. The lowest BCUT2D eigenvalue weighted by atomic mass is 10.1. The molecule has 2 aromatic rings. The lowest BCUT2D eigenvalue weighted by Gasteiger charge is -1.97. The van der Waals surface area contributed by atoms with Crippen LogP contribution in [0.2, 0.25) is 0 Å². The van der Waals surface area contributed by atoms with Crippen molar-refractivity contribution in [3.05, 3.63) is 65.7 Å². The zero-order chi connectivity index (χ0) is 12.1. The zero-order valence-corrected chi connectivity index (χ0v) is 9.38. The Balaban J connectivity index is 1.97. The molecule has 2 aromatic carbocycles. The standard InChI is InChI=1S/C15H14O2/c16-14-8-4-12(5-9-14)2-1-3-13-6-10-15(17)11-7-13/h1-2,4-11,16-17H,3H2. The molecule has 17 heavy (non-hydrogen) atoms. The van der Waals surface area contributed by atoms with Crippen LogP contribution in [-0.2, 0) is 6.42 Å². The quantitative estimate of drug-likeness (QED) is 0.842. The van der Waals surface area contributed by atoms with Crippen molar-refractivity contribution in [2.45, 2.75) is 6.42 Å². The smallest absolute Gasteiger partial charge is 0.115 e. The number of benzene rings is 2. The van der Waals surface area contributed by atoms with E-state index in [9.17, 15) is 0 Å². The zero-order valence-electron chi connectivity index (χ0n) is 9.38. The molecule has 0 aliphatic carbocycles. The summed E-state index contributed by atoms with van der Waals surface area (Å²) in [5, 5.41) is 18.3. The number of hydrogen-bond donors (Lipinski definition) is 2. The van der Waals surface area contributed by atoms with E-state index in [2.05, 4.69) is 6.08 Å². The average molecular weight is 226 g/mol. The van der Waals surface area contributed by atoms with Gasteiger partial charge in [-0.05, 0) is 41.8 Å². The van der Waals surface area contributed by atoms with Crippen LogP contribution >= 0.6 is 0 Å². The maximum absolute atomic E-state index is 9.14. The van der Waals surface area contributed by atoms with Crippen molar-refractivity contribution < 1.29 is 10.2 Å². The predicted octanol–water partition coefficient (Wildman–Crippen LogP) is 3.35. The van der Waals surface area contributed by atoms with Gasteiger partial charge < -0.3 is 10.2 Å². The Labute approximate surface area is 100 Å². The van der Waals surface area contributed by atoms with Gasteiger partial charge in [-0.15, -0.1) is 0 Å². The Hall–Kier alpha value is -2.22. The fraction of sp³-hybridized carbons (Fsp3) is 0.0667. The van der Waals surface area contributed by atoms with Crippen LogP contribution in [0, 0.1) is 0 Å². The molecule has 0 atom stereocenters. The first-order valence-electron chi connectivity index (χ1n) is 5.47. The molecule has 86 valence electrons. The molecule has 0 saturated carbocycles.